The van der Waals surface area contributed by atoms with E-state index in [1.165, 1.54) is 11.1 Å². The highest BCUT2D eigenvalue weighted by molar-refractivity contribution is 14.0. The zero-order chi connectivity index (χ0) is 17.5. The van der Waals surface area contributed by atoms with Crippen LogP contribution in [0, 0.1) is 20.8 Å². The lowest BCUT2D eigenvalue weighted by Gasteiger charge is -2.15. The molecule has 25 heavy (non-hydrogen) atoms. The van der Waals surface area contributed by atoms with Gasteiger partial charge in [-0.1, -0.05) is 24.3 Å². The monoisotopic (exact) mass is 454 g/mol. The number of aliphatic imine (C=N–C) groups is 1. The highest BCUT2D eigenvalue weighted by Gasteiger charge is 2.10. The van der Waals surface area contributed by atoms with Crippen LogP contribution in [-0.2, 0) is 13.1 Å². The lowest BCUT2D eigenvalue weighted by Crippen LogP contribution is -2.36. The lowest BCUT2D eigenvalue weighted by molar-refractivity contribution is 0.406. The molecule has 0 fully saturated rings. The van der Waals surface area contributed by atoms with Gasteiger partial charge >= 0.3 is 0 Å². The summed E-state index contributed by atoms with van der Waals surface area (Å²) in [6, 6.07) is 8.32. The molecule has 0 unspecified atom stereocenters. The van der Waals surface area contributed by atoms with Gasteiger partial charge in [-0.3, -0.25) is 9.98 Å². The summed E-state index contributed by atoms with van der Waals surface area (Å²) in [7, 11) is 3.46. The Hall–Kier alpha value is -1.83. The van der Waals surface area contributed by atoms with Gasteiger partial charge < -0.3 is 15.4 Å². The second-order valence-corrected chi connectivity index (χ2v) is 5.75. The first-order chi connectivity index (χ1) is 11.6. The number of nitrogens with zero attached hydrogens (tertiary/aromatic N) is 2. The Bertz CT molecular complexity index is 731. The van der Waals surface area contributed by atoms with Crippen LogP contribution in [0.1, 0.15) is 27.9 Å². The molecule has 0 atom stereocenters. The molecule has 2 aromatic rings. The Morgan fingerprint density at radius 1 is 1.08 bits per heavy atom. The summed E-state index contributed by atoms with van der Waals surface area (Å²) in [6.45, 7) is 7.46. The van der Waals surface area contributed by atoms with Gasteiger partial charge in [0, 0.05) is 30.9 Å². The molecule has 0 bridgehead atoms. The number of nitrogens with one attached hydrogen (secondary N) is 2. The molecule has 0 aliphatic carbocycles. The minimum Gasteiger partial charge on any atom is -0.496 e. The van der Waals surface area contributed by atoms with Crippen molar-refractivity contribution in [1.82, 2.24) is 15.6 Å². The predicted octanol–water partition coefficient (Wildman–Crippen LogP) is 3.50. The molecule has 1 aromatic heterocycles. The second kappa shape index (κ2) is 10.2. The Kier molecular flexibility index (Phi) is 8.68. The number of ether oxygens (including phenoxy) is 1. The van der Waals surface area contributed by atoms with Crippen molar-refractivity contribution in [2.75, 3.05) is 14.2 Å². The number of pyridine rings is 1. The molecule has 6 heteroatoms. The van der Waals surface area contributed by atoms with E-state index in [0.29, 0.717) is 6.54 Å². The van der Waals surface area contributed by atoms with Crippen molar-refractivity contribution in [2.24, 2.45) is 4.99 Å². The molecule has 2 rings (SSSR count). The van der Waals surface area contributed by atoms with Crippen molar-refractivity contribution < 1.29 is 4.74 Å². The van der Waals surface area contributed by atoms with Crippen molar-refractivity contribution in [3.63, 3.8) is 0 Å². The van der Waals surface area contributed by atoms with Crippen molar-refractivity contribution in [1.29, 1.82) is 0 Å². The van der Waals surface area contributed by atoms with E-state index in [2.05, 4.69) is 39.7 Å². The van der Waals surface area contributed by atoms with Crippen molar-refractivity contribution >= 4 is 29.9 Å². The zero-order valence-corrected chi connectivity index (χ0v) is 17.8. The van der Waals surface area contributed by atoms with Crippen LogP contribution in [0.2, 0.25) is 0 Å². The van der Waals surface area contributed by atoms with Gasteiger partial charge in [0.05, 0.1) is 19.3 Å². The maximum Gasteiger partial charge on any atom is 0.191 e. The molecule has 0 radical (unpaired) electrons. The van der Waals surface area contributed by atoms with Crippen LogP contribution in [0.4, 0.5) is 0 Å². The van der Waals surface area contributed by atoms with Gasteiger partial charge in [0.25, 0.3) is 0 Å². The van der Waals surface area contributed by atoms with Crippen LogP contribution in [0.5, 0.6) is 5.75 Å². The summed E-state index contributed by atoms with van der Waals surface area (Å²) in [5.74, 6) is 1.64. The van der Waals surface area contributed by atoms with Crippen LogP contribution in [0.15, 0.2) is 35.5 Å². The minimum atomic E-state index is 0. The summed E-state index contributed by atoms with van der Waals surface area (Å²) in [4.78, 5) is 8.77. The number of aryl methyl sites for hydroxylation is 2. The van der Waals surface area contributed by atoms with Crippen molar-refractivity contribution in [3.05, 3.63) is 58.4 Å². The van der Waals surface area contributed by atoms with Crippen LogP contribution < -0.4 is 15.4 Å². The average molecular weight is 454 g/mol. The van der Waals surface area contributed by atoms with Gasteiger partial charge in [0.1, 0.15) is 5.75 Å². The fourth-order valence-electron chi connectivity index (χ4n) is 2.62. The van der Waals surface area contributed by atoms with Crippen LogP contribution in [0.3, 0.4) is 0 Å². The van der Waals surface area contributed by atoms with Gasteiger partial charge in [0.2, 0.25) is 0 Å². The van der Waals surface area contributed by atoms with E-state index in [1.54, 1.807) is 14.2 Å². The number of methoxy groups -OCH3 is 1. The van der Waals surface area contributed by atoms with Crippen LogP contribution in [0.25, 0.3) is 0 Å². The van der Waals surface area contributed by atoms with Gasteiger partial charge in [-0.25, -0.2) is 0 Å². The standard InChI is InChI=1S/C19H26N4O.HI/c1-13-8-6-7-9-16(13)11-22-19(20-4)23-12-17-15(3)18(24-5)14(2)10-21-17;/h6-10H,11-12H2,1-5H3,(H2,20,22,23);1H. The zero-order valence-electron chi connectivity index (χ0n) is 15.5. The van der Waals surface area contributed by atoms with E-state index in [4.69, 9.17) is 4.74 Å². The molecule has 5 nitrogen and oxygen atoms in total. The summed E-state index contributed by atoms with van der Waals surface area (Å²) < 4.78 is 5.45. The molecule has 2 N–H and O–H groups in total. The van der Waals surface area contributed by atoms with E-state index in [9.17, 15) is 0 Å². The SMILES string of the molecule is CN=C(NCc1ccccc1C)NCc1ncc(C)c(OC)c1C.I. The Balaban J connectivity index is 0.00000312. The molecule has 1 heterocycles. The third-order valence-corrected chi connectivity index (χ3v) is 4.10. The van der Waals surface area contributed by atoms with Gasteiger partial charge in [-0.15, -0.1) is 24.0 Å². The number of aromatic nitrogens is 1. The number of halogens is 1. The normalized spacial score (nSPS) is 10.8. The molecule has 136 valence electrons. The van der Waals surface area contributed by atoms with E-state index >= 15 is 0 Å². The molecule has 0 saturated carbocycles. The molecular weight excluding hydrogens is 427 g/mol. The van der Waals surface area contributed by atoms with Crippen LogP contribution in [-0.4, -0.2) is 25.1 Å². The molecule has 0 saturated heterocycles. The van der Waals surface area contributed by atoms with E-state index in [-0.39, 0.29) is 24.0 Å². The van der Waals surface area contributed by atoms with Gasteiger partial charge in [0.15, 0.2) is 5.96 Å². The maximum atomic E-state index is 5.45. The van der Waals surface area contributed by atoms with Gasteiger partial charge in [-0.05, 0) is 31.9 Å². The smallest absolute Gasteiger partial charge is 0.191 e. The first-order valence-corrected chi connectivity index (χ1v) is 8.05. The number of benzene rings is 1. The molecule has 0 amide bonds. The topological polar surface area (TPSA) is 58.5 Å². The fraction of sp³-hybridized carbons (Fsp3) is 0.368. The quantitative estimate of drug-likeness (QED) is 0.413. The first kappa shape index (κ1) is 21.2. The van der Waals surface area contributed by atoms with E-state index in [1.807, 2.05) is 32.2 Å². The molecule has 1 aromatic carbocycles. The Morgan fingerprint density at radius 2 is 1.76 bits per heavy atom. The second-order valence-electron chi connectivity index (χ2n) is 5.75. The maximum absolute atomic E-state index is 5.45. The molecule has 0 aliphatic rings. The number of rotatable bonds is 5. The average Bonchev–Trinajstić information content (AvgIpc) is 2.58. The predicted molar refractivity (Wildman–Crippen MR) is 114 cm³/mol. The van der Waals surface area contributed by atoms with E-state index in [0.717, 1.165) is 35.1 Å². The summed E-state index contributed by atoms with van der Waals surface area (Å²) in [6.07, 6.45) is 1.84. The molecule has 0 spiro atoms. The number of guanidine groups is 1. The number of hydrogen-bond donors (Lipinski definition) is 2. The minimum absolute atomic E-state index is 0. The third-order valence-electron chi connectivity index (χ3n) is 4.10. The van der Waals surface area contributed by atoms with Gasteiger partial charge in [-0.2, -0.15) is 0 Å². The fourth-order valence-corrected chi connectivity index (χ4v) is 2.62. The first-order valence-electron chi connectivity index (χ1n) is 8.05. The van der Waals surface area contributed by atoms with Crippen molar-refractivity contribution in [3.8, 4) is 5.75 Å². The largest absolute Gasteiger partial charge is 0.496 e. The Labute approximate surface area is 167 Å². The highest BCUT2D eigenvalue weighted by Crippen LogP contribution is 2.23. The molecular formula is C19H27IN4O. The Morgan fingerprint density at radius 3 is 2.40 bits per heavy atom. The summed E-state index contributed by atoms with van der Waals surface area (Å²) in [5.41, 5.74) is 5.57. The summed E-state index contributed by atoms with van der Waals surface area (Å²) >= 11 is 0. The summed E-state index contributed by atoms with van der Waals surface area (Å²) in [5, 5.41) is 6.64. The third kappa shape index (κ3) is 5.59. The highest BCUT2D eigenvalue weighted by atomic mass is 127. The van der Waals surface area contributed by atoms with Crippen LogP contribution >= 0.6 is 24.0 Å². The number of hydrogen-bond acceptors (Lipinski definition) is 3. The molecule has 0 aliphatic heterocycles. The lowest BCUT2D eigenvalue weighted by atomic mass is 10.1. The van der Waals surface area contributed by atoms with E-state index < -0.39 is 0 Å². The van der Waals surface area contributed by atoms with Crippen molar-refractivity contribution in [2.45, 2.75) is 33.9 Å².